The standard InChI is InChI=1S/C59H55N/c1-57(2,3)41-26-24-39(25-27-41)46-16-8-11-23-55(46)60(44-15-12-14-40(35-44)47-19-13-20-51-49-18-6-9-21-52(49)58(4,5)56(47)51)45-28-29-50-48-17-7-10-22-53(48)59(54(50)36-45)42-31-37-30-38(33-42)34-43(59)32-37/h6-29,35-38,42-43H,30-34H2,1-5H3. The van der Waals surface area contributed by atoms with Gasteiger partial charge in [-0.3, -0.25) is 0 Å². The van der Waals surface area contributed by atoms with E-state index in [4.69, 9.17) is 0 Å². The third kappa shape index (κ3) is 5.11. The van der Waals surface area contributed by atoms with Crippen molar-refractivity contribution in [3.63, 3.8) is 0 Å². The Morgan fingerprint density at radius 3 is 1.73 bits per heavy atom. The van der Waals surface area contributed by atoms with E-state index in [-0.39, 0.29) is 16.2 Å². The van der Waals surface area contributed by atoms with Crippen LogP contribution < -0.4 is 4.90 Å². The summed E-state index contributed by atoms with van der Waals surface area (Å²) in [6.45, 7) is 11.7. The van der Waals surface area contributed by atoms with Crippen LogP contribution in [0.2, 0.25) is 0 Å². The maximum Gasteiger partial charge on any atom is 0.0540 e. The molecular formula is C59H55N. The lowest BCUT2D eigenvalue weighted by Gasteiger charge is -2.61. The number of fused-ring (bicyclic) bond motifs is 6. The van der Waals surface area contributed by atoms with Crippen LogP contribution in [0.5, 0.6) is 0 Å². The fourth-order valence-electron chi connectivity index (χ4n) is 13.7. The summed E-state index contributed by atoms with van der Waals surface area (Å²) in [5, 5.41) is 0. The Hall–Kier alpha value is -5.66. The molecule has 0 saturated heterocycles. The van der Waals surface area contributed by atoms with Gasteiger partial charge >= 0.3 is 0 Å². The van der Waals surface area contributed by atoms with Gasteiger partial charge in [-0.25, -0.2) is 0 Å². The van der Waals surface area contributed by atoms with Gasteiger partial charge < -0.3 is 4.90 Å². The molecule has 0 amide bonds. The van der Waals surface area contributed by atoms with Crippen molar-refractivity contribution < 1.29 is 0 Å². The zero-order chi connectivity index (χ0) is 40.5. The van der Waals surface area contributed by atoms with Crippen molar-refractivity contribution in [3.05, 3.63) is 186 Å². The molecule has 4 saturated carbocycles. The fraction of sp³-hybridized carbons (Fsp3) is 0.288. The van der Waals surface area contributed by atoms with E-state index >= 15 is 0 Å². The molecule has 6 aliphatic rings. The molecule has 296 valence electrons. The Balaban J connectivity index is 1.07. The van der Waals surface area contributed by atoms with E-state index in [1.807, 2.05) is 0 Å². The number of para-hydroxylation sites is 1. The van der Waals surface area contributed by atoms with Crippen LogP contribution in [0.1, 0.15) is 94.5 Å². The van der Waals surface area contributed by atoms with Gasteiger partial charge in [0.1, 0.15) is 0 Å². The Morgan fingerprint density at radius 2 is 1.02 bits per heavy atom. The molecular weight excluding hydrogens is 723 g/mol. The van der Waals surface area contributed by atoms with Crippen LogP contribution in [0, 0.1) is 23.7 Å². The smallest absolute Gasteiger partial charge is 0.0540 e. The van der Waals surface area contributed by atoms with Crippen LogP contribution >= 0.6 is 0 Å². The molecule has 1 nitrogen and oxygen atoms in total. The van der Waals surface area contributed by atoms with Gasteiger partial charge in [-0.2, -0.15) is 0 Å². The van der Waals surface area contributed by atoms with E-state index in [2.05, 4.69) is 197 Å². The summed E-state index contributed by atoms with van der Waals surface area (Å²) in [4.78, 5) is 2.59. The second-order valence-electron chi connectivity index (χ2n) is 20.6. The third-order valence-corrected chi connectivity index (χ3v) is 16.0. The van der Waals surface area contributed by atoms with Gasteiger partial charge in [0.05, 0.1) is 5.69 Å². The summed E-state index contributed by atoms with van der Waals surface area (Å²) in [7, 11) is 0. The van der Waals surface area contributed by atoms with Gasteiger partial charge in [-0.15, -0.1) is 0 Å². The second kappa shape index (κ2) is 12.9. The quantitative estimate of drug-likeness (QED) is 0.168. The molecule has 13 rings (SSSR count). The van der Waals surface area contributed by atoms with Crippen LogP contribution in [0.15, 0.2) is 158 Å². The highest BCUT2D eigenvalue weighted by molar-refractivity contribution is 5.93. The van der Waals surface area contributed by atoms with Gasteiger partial charge in [-0.05, 0) is 158 Å². The molecule has 0 aromatic heterocycles. The zero-order valence-corrected chi connectivity index (χ0v) is 35.8. The van der Waals surface area contributed by atoms with Gasteiger partial charge in [0.15, 0.2) is 0 Å². The summed E-state index contributed by atoms with van der Waals surface area (Å²) >= 11 is 0. The van der Waals surface area contributed by atoms with Gasteiger partial charge in [0.25, 0.3) is 0 Å². The molecule has 6 aliphatic carbocycles. The van der Waals surface area contributed by atoms with E-state index in [1.54, 1.807) is 11.1 Å². The number of anilines is 3. The monoisotopic (exact) mass is 777 g/mol. The van der Waals surface area contributed by atoms with E-state index < -0.39 is 0 Å². The van der Waals surface area contributed by atoms with Crippen molar-refractivity contribution in [3.8, 4) is 44.5 Å². The average Bonchev–Trinajstić information content (AvgIpc) is 3.68. The van der Waals surface area contributed by atoms with Gasteiger partial charge in [-0.1, -0.05) is 162 Å². The van der Waals surface area contributed by atoms with Crippen molar-refractivity contribution >= 4 is 17.1 Å². The van der Waals surface area contributed by atoms with E-state index in [1.165, 1.54) is 110 Å². The summed E-state index contributed by atoms with van der Waals surface area (Å²) < 4.78 is 0. The lowest BCUT2D eigenvalue weighted by atomic mass is 9.43. The first-order chi connectivity index (χ1) is 29.1. The molecule has 0 heterocycles. The maximum atomic E-state index is 2.66. The maximum absolute atomic E-state index is 2.66. The summed E-state index contributed by atoms with van der Waals surface area (Å²) in [6.07, 6.45) is 6.98. The lowest BCUT2D eigenvalue weighted by molar-refractivity contribution is -0.0399. The first-order valence-electron chi connectivity index (χ1n) is 22.7. The number of hydrogen-bond donors (Lipinski definition) is 0. The van der Waals surface area contributed by atoms with Crippen molar-refractivity contribution in [1.82, 2.24) is 0 Å². The minimum atomic E-state index is -0.105. The van der Waals surface area contributed by atoms with E-state index in [0.717, 1.165) is 11.8 Å². The van der Waals surface area contributed by atoms with Crippen LogP contribution in [-0.2, 0) is 16.2 Å². The molecule has 7 aromatic carbocycles. The summed E-state index contributed by atoms with van der Waals surface area (Å²) in [6, 6.07) is 60.9. The summed E-state index contributed by atoms with van der Waals surface area (Å²) in [5.41, 5.74) is 21.8. The normalized spacial score (nSPS) is 23.6. The molecule has 0 radical (unpaired) electrons. The minimum absolute atomic E-state index is 0.0912. The van der Waals surface area contributed by atoms with Gasteiger partial charge in [0, 0.05) is 27.8 Å². The summed E-state index contributed by atoms with van der Waals surface area (Å²) in [5.74, 6) is 3.24. The molecule has 1 spiro atoms. The largest absolute Gasteiger partial charge is 0.310 e. The predicted octanol–water partition coefficient (Wildman–Crippen LogP) is 15.8. The van der Waals surface area contributed by atoms with Crippen molar-refractivity contribution in [2.75, 3.05) is 4.90 Å². The molecule has 0 unspecified atom stereocenters. The molecule has 7 aromatic rings. The van der Waals surface area contributed by atoms with Crippen molar-refractivity contribution in [2.45, 2.75) is 83.0 Å². The Bertz CT molecular complexity index is 2820. The number of benzene rings is 7. The fourth-order valence-corrected chi connectivity index (χ4v) is 13.7. The first-order valence-corrected chi connectivity index (χ1v) is 22.7. The molecule has 0 aliphatic heterocycles. The Kier molecular flexibility index (Phi) is 7.80. The first kappa shape index (κ1) is 36.2. The second-order valence-corrected chi connectivity index (χ2v) is 20.6. The van der Waals surface area contributed by atoms with E-state index in [9.17, 15) is 0 Å². The molecule has 0 N–H and O–H groups in total. The number of hydrogen-bond acceptors (Lipinski definition) is 1. The highest BCUT2D eigenvalue weighted by atomic mass is 15.1. The molecule has 4 fully saturated rings. The third-order valence-electron chi connectivity index (χ3n) is 16.0. The van der Waals surface area contributed by atoms with Crippen molar-refractivity contribution in [1.29, 1.82) is 0 Å². The Morgan fingerprint density at radius 1 is 0.450 bits per heavy atom. The molecule has 0 atom stereocenters. The van der Waals surface area contributed by atoms with Crippen LogP contribution in [0.3, 0.4) is 0 Å². The minimum Gasteiger partial charge on any atom is -0.310 e. The highest BCUT2D eigenvalue weighted by Crippen LogP contribution is 2.69. The van der Waals surface area contributed by atoms with Crippen LogP contribution in [0.4, 0.5) is 17.1 Å². The molecule has 60 heavy (non-hydrogen) atoms. The highest BCUT2D eigenvalue weighted by Gasteiger charge is 2.61. The molecule has 4 bridgehead atoms. The van der Waals surface area contributed by atoms with Crippen LogP contribution in [0.25, 0.3) is 44.5 Å². The Labute approximate surface area is 357 Å². The number of nitrogens with zero attached hydrogens (tertiary/aromatic N) is 1. The van der Waals surface area contributed by atoms with Gasteiger partial charge in [0.2, 0.25) is 0 Å². The van der Waals surface area contributed by atoms with Crippen LogP contribution in [-0.4, -0.2) is 0 Å². The molecule has 1 heteroatoms. The zero-order valence-electron chi connectivity index (χ0n) is 35.8. The van der Waals surface area contributed by atoms with E-state index in [0.29, 0.717) is 11.8 Å². The topological polar surface area (TPSA) is 3.24 Å². The average molecular weight is 778 g/mol. The number of rotatable bonds is 5. The SMILES string of the molecule is CC(C)(C)c1ccc(-c2ccccc2N(c2cccc(-c3cccc4c3C(C)(C)c3ccccc3-4)c2)c2ccc3c(c2)C2(c4ccccc4-3)C3CC4CC(C3)CC2C4)cc1. The van der Waals surface area contributed by atoms with Crippen molar-refractivity contribution in [2.24, 2.45) is 23.7 Å². The predicted molar refractivity (Wildman–Crippen MR) is 252 cm³/mol. The lowest BCUT2D eigenvalue weighted by Crippen LogP contribution is -2.55.